The van der Waals surface area contributed by atoms with E-state index in [1.54, 1.807) is 18.2 Å². The van der Waals surface area contributed by atoms with Crippen molar-refractivity contribution in [1.29, 1.82) is 0 Å². The summed E-state index contributed by atoms with van der Waals surface area (Å²) >= 11 is 16.5. The maximum absolute atomic E-state index is 13.4. The summed E-state index contributed by atoms with van der Waals surface area (Å²) in [5, 5.41) is 8.84. The summed E-state index contributed by atoms with van der Waals surface area (Å²) in [7, 11) is 0. The minimum absolute atomic E-state index is 0.116. The Bertz CT molecular complexity index is 1510. The molecular formula is C22H14Br3ClN6O3. The molecule has 0 unspecified atom stereocenters. The van der Waals surface area contributed by atoms with E-state index in [0.717, 1.165) is 15.2 Å². The van der Waals surface area contributed by atoms with Crippen LogP contribution in [0.15, 0.2) is 62.2 Å². The Morgan fingerprint density at radius 2 is 1.77 bits per heavy atom. The molecule has 3 amide bonds. The summed E-state index contributed by atoms with van der Waals surface area (Å²) in [4.78, 5) is 41.9. The number of hydrazine groups is 1. The molecule has 0 bridgehead atoms. The molecule has 0 aliphatic rings. The number of benzene rings is 2. The lowest BCUT2D eigenvalue weighted by Crippen LogP contribution is -2.40. The van der Waals surface area contributed by atoms with Crippen LogP contribution < -0.4 is 16.2 Å². The summed E-state index contributed by atoms with van der Waals surface area (Å²) in [6, 6.07) is 11.9. The van der Waals surface area contributed by atoms with E-state index in [2.05, 4.69) is 74.0 Å². The molecule has 3 N–H and O–H groups in total. The van der Waals surface area contributed by atoms with Crippen molar-refractivity contribution in [3.8, 4) is 5.82 Å². The Morgan fingerprint density at radius 1 is 1.00 bits per heavy atom. The molecule has 0 fully saturated rings. The van der Waals surface area contributed by atoms with Gasteiger partial charge in [-0.15, -0.1) is 0 Å². The number of amides is 3. The molecular weight excluding hydrogens is 671 g/mol. The highest BCUT2D eigenvalue weighted by atomic mass is 79.9. The fraction of sp³-hybridized carbons (Fsp3) is 0.0455. The van der Waals surface area contributed by atoms with Crippen molar-refractivity contribution in [3.63, 3.8) is 0 Å². The smallest absolute Gasteiger partial charge is 0.274 e. The topological polar surface area (TPSA) is 118 Å². The molecule has 0 saturated carbocycles. The van der Waals surface area contributed by atoms with Crippen LogP contribution in [-0.4, -0.2) is 32.5 Å². The largest absolute Gasteiger partial charge is 0.319 e. The van der Waals surface area contributed by atoms with Gasteiger partial charge in [-0.1, -0.05) is 33.6 Å². The van der Waals surface area contributed by atoms with E-state index in [9.17, 15) is 14.4 Å². The summed E-state index contributed by atoms with van der Waals surface area (Å²) in [6.45, 7) is 1.26. The molecule has 0 aliphatic carbocycles. The number of anilines is 1. The first kappa shape index (κ1) is 25.3. The molecule has 35 heavy (non-hydrogen) atoms. The van der Waals surface area contributed by atoms with Crippen molar-refractivity contribution < 1.29 is 14.4 Å². The average Bonchev–Trinajstić information content (AvgIpc) is 3.20. The molecule has 0 aliphatic heterocycles. The Labute approximate surface area is 229 Å². The molecule has 0 atom stereocenters. The highest BCUT2D eigenvalue weighted by molar-refractivity contribution is 9.11. The number of halogens is 4. The van der Waals surface area contributed by atoms with Crippen molar-refractivity contribution in [2.75, 3.05) is 5.32 Å². The quantitative estimate of drug-likeness (QED) is 0.249. The number of carbonyl (C=O) groups excluding carboxylic acids is 3. The van der Waals surface area contributed by atoms with Crippen LogP contribution in [0, 0.1) is 0 Å². The zero-order valence-electron chi connectivity index (χ0n) is 17.7. The first-order valence-corrected chi connectivity index (χ1v) is 12.6. The predicted molar refractivity (Wildman–Crippen MR) is 143 cm³/mol. The van der Waals surface area contributed by atoms with E-state index >= 15 is 0 Å². The van der Waals surface area contributed by atoms with Gasteiger partial charge >= 0.3 is 0 Å². The Balaban J connectivity index is 1.81. The summed E-state index contributed by atoms with van der Waals surface area (Å²) in [6.07, 6.45) is 1.53. The first-order valence-electron chi connectivity index (χ1n) is 9.82. The van der Waals surface area contributed by atoms with Gasteiger partial charge in [-0.05, 0) is 73.0 Å². The second-order valence-corrected chi connectivity index (χ2v) is 10.1. The SMILES string of the molecule is CC(=O)NNC(=O)c1cc2cc(Br)ccc2c(Br)c1NC(=O)c1cc(Br)nn1-c1ncccc1Cl. The van der Waals surface area contributed by atoms with Gasteiger partial charge in [0.15, 0.2) is 5.82 Å². The monoisotopic (exact) mass is 682 g/mol. The van der Waals surface area contributed by atoms with Gasteiger partial charge in [-0.2, -0.15) is 5.10 Å². The number of pyridine rings is 1. The molecule has 2 heterocycles. The molecule has 13 heteroatoms. The van der Waals surface area contributed by atoms with E-state index in [1.807, 2.05) is 18.2 Å². The molecule has 0 saturated heterocycles. The summed E-state index contributed by atoms with van der Waals surface area (Å²) in [5.74, 6) is -1.39. The predicted octanol–water partition coefficient (Wildman–Crippen LogP) is 5.39. The number of fused-ring (bicyclic) bond motifs is 1. The van der Waals surface area contributed by atoms with Crippen molar-refractivity contribution in [2.45, 2.75) is 6.92 Å². The third-order valence-electron chi connectivity index (χ3n) is 4.73. The lowest BCUT2D eigenvalue weighted by Gasteiger charge is -2.16. The van der Waals surface area contributed by atoms with Crippen molar-refractivity contribution >= 4 is 93.6 Å². The average molecular weight is 686 g/mol. The maximum atomic E-state index is 13.4. The molecule has 9 nitrogen and oxygen atoms in total. The van der Waals surface area contributed by atoms with Gasteiger partial charge in [-0.25, -0.2) is 9.67 Å². The van der Waals surface area contributed by atoms with Gasteiger partial charge in [0.1, 0.15) is 10.3 Å². The van der Waals surface area contributed by atoms with Crippen LogP contribution in [-0.2, 0) is 4.79 Å². The number of nitrogens with zero attached hydrogens (tertiary/aromatic N) is 3. The fourth-order valence-corrected chi connectivity index (χ4v) is 4.86. The third kappa shape index (κ3) is 5.40. The van der Waals surface area contributed by atoms with E-state index in [-0.39, 0.29) is 22.8 Å². The van der Waals surface area contributed by atoms with E-state index < -0.39 is 17.7 Å². The van der Waals surface area contributed by atoms with Crippen molar-refractivity contribution in [1.82, 2.24) is 25.6 Å². The van der Waals surface area contributed by atoms with Gasteiger partial charge in [0.05, 0.1) is 16.3 Å². The van der Waals surface area contributed by atoms with Crippen LogP contribution in [0.2, 0.25) is 5.02 Å². The Hall–Kier alpha value is -2.80. The standard InChI is InChI=1S/C22H14Br3ClN6O3/c1-10(33)29-30-21(34)14-8-11-7-12(23)4-5-13(11)18(25)19(14)28-22(35)16-9-17(24)31-32(16)20-15(26)3-2-6-27-20/h2-9H,1H3,(H,28,35)(H,29,33)(H,30,34). The lowest BCUT2D eigenvalue weighted by atomic mass is 10.0. The van der Waals surface area contributed by atoms with Gasteiger partial charge in [0, 0.05) is 28.1 Å². The van der Waals surface area contributed by atoms with Crippen LogP contribution in [0.25, 0.3) is 16.6 Å². The summed E-state index contributed by atoms with van der Waals surface area (Å²) in [5.41, 5.74) is 5.02. The highest BCUT2D eigenvalue weighted by Gasteiger charge is 2.24. The van der Waals surface area contributed by atoms with E-state index in [4.69, 9.17) is 11.6 Å². The first-order chi connectivity index (χ1) is 16.7. The van der Waals surface area contributed by atoms with Crippen LogP contribution in [0.5, 0.6) is 0 Å². The number of aromatic nitrogens is 3. The number of hydrogen-bond acceptors (Lipinski definition) is 5. The number of rotatable bonds is 4. The minimum atomic E-state index is -0.625. The van der Waals surface area contributed by atoms with Crippen LogP contribution in [0.4, 0.5) is 5.69 Å². The fourth-order valence-electron chi connectivity index (χ4n) is 3.23. The second kappa shape index (κ2) is 10.4. The van der Waals surface area contributed by atoms with Gasteiger partial charge < -0.3 is 5.32 Å². The van der Waals surface area contributed by atoms with Crippen molar-refractivity contribution in [2.24, 2.45) is 0 Å². The van der Waals surface area contributed by atoms with Gasteiger partial charge in [0.25, 0.3) is 11.8 Å². The molecule has 0 spiro atoms. The molecule has 0 radical (unpaired) electrons. The Kier molecular flexibility index (Phi) is 7.55. The molecule has 2 aromatic heterocycles. The maximum Gasteiger partial charge on any atom is 0.274 e. The third-order valence-corrected chi connectivity index (χ3v) is 6.73. The lowest BCUT2D eigenvalue weighted by molar-refractivity contribution is -0.119. The minimum Gasteiger partial charge on any atom is -0.319 e. The van der Waals surface area contributed by atoms with Crippen LogP contribution >= 0.6 is 59.4 Å². The summed E-state index contributed by atoms with van der Waals surface area (Å²) < 4.78 is 2.97. The highest BCUT2D eigenvalue weighted by Crippen LogP contribution is 2.36. The molecule has 4 rings (SSSR count). The molecule has 178 valence electrons. The second-order valence-electron chi connectivity index (χ2n) is 7.14. The molecule has 2 aromatic carbocycles. The normalized spacial score (nSPS) is 10.8. The van der Waals surface area contributed by atoms with E-state index in [1.165, 1.54) is 23.9 Å². The van der Waals surface area contributed by atoms with Gasteiger partial charge in [0.2, 0.25) is 5.91 Å². The van der Waals surface area contributed by atoms with Gasteiger partial charge in [-0.3, -0.25) is 25.2 Å². The van der Waals surface area contributed by atoms with E-state index in [0.29, 0.717) is 14.1 Å². The zero-order chi connectivity index (χ0) is 25.3. The van der Waals surface area contributed by atoms with Crippen molar-refractivity contribution in [3.05, 3.63) is 78.5 Å². The number of nitrogens with one attached hydrogen (secondary N) is 3. The number of hydrogen-bond donors (Lipinski definition) is 3. The number of carbonyl (C=O) groups is 3. The zero-order valence-corrected chi connectivity index (χ0v) is 23.2. The van der Waals surface area contributed by atoms with Crippen LogP contribution in [0.3, 0.4) is 0 Å². The van der Waals surface area contributed by atoms with Crippen LogP contribution in [0.1, 0.15) is 27.8 Å². The molecule has 4 aromatic rings. The Morgan fingerprint density at radius 3 is 2.49 bits per heavy atom.